The van der Waals surface area contributed by atoms with Crippen LogP contribution < -0.4 is 4.90 Å². The fraction of sp³-hybridized carbons (Fsp3) is 0.0417. The number of nitrogens with one attached hydrogen (secondary N) is 1. The van der Waals surface area contributed by atoms with Crippen molar-refractivity contribution >= 4 is 57.2 Å². The maximum atomic E-state index is 12.4. The summed E-state index contributed by atoms with van der Waals surface area (Å²) in [4.78, 5) is 17.5. The van der Waals surface area contributed by atoms with E-state index in [-0.39, 0.29) is 5.91 Å². The predicted molar refractivity (Wildman–Crippen MR) is 130 cm³/mol. The largest absolute Gasteiger partial charge is 0.354 e. The second kappa shape index (κ2) is 8.41. The molecule has 0 spiro atoms. The van der Waals surface area contributed by atoms with Crippen molar-refractivity contribution in [1.82, 2.24) is 4.98 Å². The lowest BCUT2D eigenvalue weighted by molar-refractivity contribution is -0.115. The van der Waals surface area contributed by atoms with Crippen LogP contribution in [0.2, 0.25) is 5.02 Å². The number of anilines is 1. The zero-order chi connectivity index (χ0) is 21.2. The van der Waals surface area contributed by atoms with Crippen LogP contribution in [0, 0.1) is 0 Å². The average molecular weight is 445 g/mol. The zero-order valence-electron chi connectivity index (χ0n) is 16.3. The Hall–Kier alpha value is -3.35. The van der Waals surface area contributed by atoms with Crippen molar-refractivity contribution in [3.05, 3.63) is 89.4 Å². The molecule has 0 radical (unpaired) electrons. The summed E-state index contributed by atoms with van der Waals surface area (Å²) in [6, 6.07) is 25.2. The van der Waals surface area contributed by atoms with E-state index in [9.17, 15) is 4.79 Å². The highest BCUT2D eigenvalue weighted by Crippen LogP contribution is 2.30. The standard InChI is InChI=1S/C24H17ClN4OS/c25-17-12-10-16(11-13-17)23-20(19-8-4-5-9-21(19)27-23)14-26-28-24-29(22(30)15-31-24)18-6-2-1-3-7-18/h1-14,27H,15H2/b26-14-,28-24?. The summed E-state index contributed by atoms with van der Waals surface area (Å²) in [6.07, 6.45) is 1.74. The number of carbonyl (C=O) groups is 1. The Kier molecular flexibility index (Phi) is 5.32. The fourth-order valence-electron chi connectivity index (χ4n) is 3.55. The maximum absolute atomic E-state index is 12.4. The summed E-state index contributed by atoms with van der Waals surface area (Å²) in [6.45, 7) is 0. The summed E-state index contributed by atoms with van der Waals surface area (Å²) in [5, 5.41) is 11.0. The Balaban J connectivity index is 1.53. The van der Waals surface area contributed by atoms with Crippen LogP contribution >= 0.6 is 23.4 Å². The van der Waals surface area contributed by atoms with Gasteiger partial charge in [0.25, 0.3) is 0 Å². The Labute approximate surface area is 188 Å². The van der Waals surface area contributed by atoms with Crippen molar-refractivity contribution in [2.24, 2.45) is 10.2 Å². The number of benzene rings is 3. The van der Waals surface area contributed by atoms with Gasteiger partial charge in [0, 0.05) is 21.5 Å². The molecule has 1 aliphatic heterocycles. The molecule has 2 heterocycles. The van der Waals surface area contributed by atoms with Gasteiger partial charge < -0.3 is 4.98 Å². The number of amides is 1. The molecule has 1 N–H and O–H groups in total. The first-order chi connectivity index (χ1) is 15.2. The molecule has 0 atom stereocenters. The molecule has 0 saturated carbocycles. The molecule has 152 valence electrons. The number of rotatable bonds is 4. The Morgan fingerprint density at radius 1 is 0.968 bits per heavy atom. The van der Waals surface area contributed by atoms with E-state index in [0.29, 0.717) is 15.9 Å². The van der Waals surface area contributed by atoms with Crippen LogP contribution in [-0.2, 0) is 4.79 Å². The lowest BCUT2D eigenvalue weighted by Crippen LogP contribution is -2.28. The molecule has 1 saturated heterocycles. The van der Waals surface area contributed by atoms with Crippen LogP contribution in [0.4, 0.5) is 5.69 Å². The van der Waals surface area contributed by atoms with E-state index in [4.69, 9.17) is 11.6 Å². The number of hydrogen-bond donors (Lipinski definition) is 1. The van der Waals surface area contributed by atoms with Gasteiger partial charge in [0.05, 0.1) is 23.3 Å². The molecule has 0 unspecified atom stereocenters. The number of fused-ring (bicyclic) bond motifs is 1. The van der Waals surface area contributed by atoms with Gasteiger partial charge >= 0.3 is 0 Å². The van der Waals surface area contributed by atoms with E-state index in [1.165, 1.54) is 11.8 Å². The van der Waals surface area contributed by atoms with Gasteiger partial charge in [-0.2, -0.15) is 5.10 Å². The van der Waals surface area contributed by atoms with Crippen LogP contribution in [0.1, 0.15) is 5.56 Å². The maximum Gasteiger partial charge on any atom is 0.243 e. The van der Waals surface area contributed by atoms with Crippen LogP contribution in [0.15, 0.2) is 89.1 Å². The summed E-state index contributed by atoms with van der Waals surface area (Å²) in [5.74, 6) is 0.353. The molecular weight excluding hydrogens is 428 g/mol. The van der Waals surface area contributed by atoms with Gasteiger partial charge in [0.2, 0.25) is 5.91 Å². The summed E-state index contributed by atoms with van der Waals surface area (Å²) in [7, 11) is 0. The number of thioether (sulfide) groups is 1. The lowest BCUT2D eigenvalue weighted by Gasteiger charge is -2.14. The van der Waals surface area contributed by atoms with Crippen molar-refractivity contribution in [1.29, 1.82) is 0 Å². The molecule has 4 aromatic rings. The zero-order valence-corrected chi connectivity index (χ0v) is 17.9. The molecule has 1 fully saturated rings. The van der Waals surface area contributed by atoms with Gasteiger partial charge in [0.15, 0.2) is 5.17 Å². The van der Waals surface area contributed by atoms with E-state index < -0.39 is 0 Å². The fourth-order valence-corrected chi connectivity index (χ4v) is 4.49. The molecule has 1 aromatic heterocycles. The number of halogens is 1. The summed E-state index contributed by atoms with van der Waals surface area (Å²) >= 11 is 7.45. The number of para-hydroxylation sites is 2. The minimum Gasteiger partial charge on any atom is -0.354 e. The summed E-state index contributed by atoms with van der Waals surface area (Å²) < 4.78 is 0. The highest BCUT2D eigenvalue weighted by atomic mass is 35.5. The highest BCUT2D eigenvalue weighted by Gasteiger charge is 2.29. The van der Waals surface area contributed by atoms with Crippen LogP contribution in [0.5, 0.6) is 0 Å². The topological polar surface area (TPSA) is 60.8 Å². The van der Waals surface area contributed by atoms with Gasteiger partial charge in [-0.05, 0) is 35.9 Å². The Morgan fingerprint density at radius 3 is 2.52 bits per heavy atom. The van der Waals surface area contributed by atoms with Gasteiger partial charge in [-0.3, -0.25) is 9.69 Å². The molecule has 1 aliphatic rings. The number of nitrogens with zero attached hydrogens (tertiary/aromatic N) is 3. The van der Waals surface area contributed by atoms with Crippen molar-refractivity contribution < 1.29 is 4.79 Å². The van der Waals surface area contributed by atoms with E-state index in [2.05, 4.69) is 15.2 Å². The number of carbonyl (C=O) groups excluding carboxylic acids is 1. The summed E-state index contributed by atoms with van der Waals surface area (Å²) in [5.41, 5.74) is 4.68. The van der Waals surface area contributed by atoms with Crippen molar-refractivity contribution in [2.45, 2.75) is 0 Å². The SMILES string of the molecule is O=C1CSC(=N/N=C\c2c(-c3ccc(Cl)cc3)[nH]c3ccccc23)N1c1ccccc1. The molecule has 5 rings (SSSR count). The molecule has 3 aromatic carbocycles. The normalized spacial score (nSPS) is 15.6. The number of H-pyrrole nitrogens is 1. The third-order valence-electron chi connectivity index (χ3n) is 4.99. The second-order valence-corrected chi connectivity index (χ2v) is 8.33. The van der Waals surface area contributed by atoms with E-state index in [1.54, 1.807) is 11.1 Å². The average Bonchev–Trinajstić information content (AvgIpc) is 3.35. The van der Waals surface area contributed by atoms with Crippen molar-refractivity contribution in [3.8, 4) is 11.3 Å². The number of hydrogen-bond acceptors (Lipinski definition) is 4. The van der Waals surface area contributed by atoms with E-state index in [0.717, 1.165) is 33.4 Å². The second-order valence-electron chi connectivity index (χ2n) is 6.95. The monoisotopic (exact) mass is 444 g/mol. The number of aromatic nitrogens is 1. The quantitative estimate of drug-likeness (QED) is 0.312. The molecule has 0 bridgehead atoms. The Bertz CT molecular complexity index is 1310. The van der Waals surface area contributed by atoms with Gasteiger partial charge in [-0.25, -0.2) is 0 Å². The first-order valence-corrected chi connectivity index (χ1v) is 11.1. The van der Waals surface area contributed by atoms with Gasteiger partial charge in [-0.1, -0.05) is 71.9 Å². The smallest absolute Gasteiger partial charge is 0.243 e. The predicted octanol–water partition coefficient (Wildman–Crippen LogP) is 5.96. The first-order valence-electron chi connectivity index (χ1n) is 9.69. The molecule has 5 nitrogen and oxygen atoms in total. The van der Waals surface area contributed by atoms with Crippen LogP contribution in [0.25, 0.3) is 22.2 Å². The van der Waals surface area contributed by atoms with Crippen molar-refractivity contribution in [3.63, 3.8) is 0 Å². The third kappa shape index (κ3) is 3.87. The number of amidine groups is 1. The molecular formula is C24H17ClN4OS. The minimum absolute atomic E-state index is 0.000836. The van der Waals surface area contributed by atoms with Crippen LogP contribution in [0.3, 0.4) is 0 Å². The minimum atomic E-state index is -0.000836. The molecule has 7 heteroatoms. The first kappa shape index (κ1) is 19.6. The van der Waals surface area contributed by atoms with E-state index in [1.807, 2.05) is 78.9 Å². The van der Waals surface area contributed by atoms with E-state index >= 15 is 0 Å². The van der Waals surface area contributed by atoms with Crippen molar-refractivity contribution in [2.75, 3.05) is 10.7 Å². The molecule has 31 heavy (non-hydrogen) atoms. The highest BCUT2D eigenvalue weighted by molar-refractivity contribution is 8.15. The third-order valence-corrected chi connectivity index (χ3v) is 6.15. The molecule has 1 amide bonds. The van der Waals surface area contributed by atoms with Gasteiger partial charge in [0.1, 0.15) is 0 Å². The van der Waals surface area contributed by atoms with Crippen LogP contribution in [-0.4, -0.2) is 28.0 Å². The molecule has 0 aliphatic carbocycles. The Morgan fingerprint density at radius 2 is 1.71 bits per heavy atom. The van der Waals surface area contributed by atoms with Gasteiger partial charge in [-0.15, -0.1) is 5.10 Å². The lowest BCUT2D eigenvalue weighted by atomic mass is 10.1. The number of aromatic amines is 1.